The van der Waals surface area contributed by atoms with Gasteiger partial charge in [0.05, 0.1) is 24.5 Å². The van der Waals surface area contributed by atoms with E-state index in [1.165, 1.54) is 12.1 Å². The van der Waals surface area contributed by atoms with Crippen LogP contribution >= 0.6 is 11.6 Å². The third kappa shape index (κ3) is 4.06. The van der Waals surface area contributed by atoms with Crippen molar-refractivity contribution in [2.75, 3.05) is 13.2 Å². The van der Waals surface area contributed by atoms with Crippen molar-refractivity contribution >= 4 is 32.6 Å². The molecule has 3 aromatic rings. The van der Waals surface area contributed by atoms with Gasteiger partial charge >= 0.3 is 0 Å². The first-order valence-electron chi connectivity index (χ1n) is 9.58. The van der Waals surface area contributed by atoms with Crippen molar-refractivity contribution in [3.05, 3.63) is 62.1 Å². The summed E-state index contributed by atoms with van der Waals surface area (Å²) in [6.45, 7) is 6.32. The van der Waals surface area contributed by atoms with Crippen molar-refractivity contribution in [3.63, 3.8) is 0 Å². The highest BCUT2D eigenvalue weighted by Gasteiger charge is 2.28. The molecule has 10 heteroatoms. The molecule has 0 radical (unpaired) electrons. The second-order valence-corrected chi connectivity index (χ2v) is 9.49. The number of halogens is 1. The van der Waals surface area contributed by atoms with Crippen molar-refractivity contribution in [3.8, 4) is 5.75 Å². The van der Waals surface area contributed by atoms with Crippen LogP contribution in [0.5, 0.6) is 5.75 Å². The molecule has 1 fully saturated rings. The van der Waals surface area contributed by atoms with Gasteiger partial charge in [-0.25, -0.2) is 18.5 Å². The number of hydrogen-bond acceptors (Lipinski definition) is 7. The number of benzene rings is 1. The van der Waals surface area contributed by atoms with Gasteiger partial charge in [0.15, 0.2) is 11.2 Å². The molecule has 0 aliphatic carbocycles. The number of primary sulfonamides is 1. The molecule has 0 saturated carbocycles. The second kappa shape index (κ2) is 7.90. The minimum atomic E-state index is -4.17. The predicted molar refractivity (Wildman–Crippen MR) is 115 cm³/mol. The minimum Gasteiger partial charge on any atom is -0.483 e. The Bertz CT molecular complexity index is 1350. The molecule has 1 saturated heterocycles. The molecule has 1 aromatic carbocycles. The predicted octanol–water partition coefficient (Wildman–Crippen LogP) is 3.36. The van der Waals surface area contributed by atoms with E-state index in [1.807, 2.05) is 13.0 Å². The molecule has 1 aliphatic heterocycles. The normalized spacial score (nSPS) is 15.6. The average Bonchev–Trinajstić information content (AvgIpc) is 2.65. The minimum absolute atomic E-state index is 0.0249. The summed E-state index contributed by atoms with van der Waals surface area (Å²) in [5, 5.41) is 5.21. The zero-order chi connectivity index (χ0) is 22.5. The van der Waals surface area contributed by atoms with Crippen LogP contribution in [0.2, 0.25) is 5.15 Å². The summed E-state index contributed by atoms with van der Waals surface area (Å²) in [6, 6.07) is 6.41. The van der Waals surface area contributed by atoms with E-state index in [0.29, 0.717) is 41.1 Å². The van der Waals surface area contributed by atoms with Crippen LogP contribution < -0.4 is 15.3 Å². The van der Waals surface area contributed by atoms with Crippen molar-refractivity contribution in [1.82, 2.24) is 4.98 Å². The van der Waals surface area contributed by atoms with Crippen LogP contribution in [0.15, 0.2) is 38.5 Å². The van der Waals surface area contributed by atoms with Gasteiger partial charge in [0, 0.05) is 11.1 Å². The van der Waals surface area contributed by atoms with Crippen LogP contribution in [0.4, 0.5) is 0 Å². The van der Waals surface area contributed by atoms with Gasteiger partial charge < -0.3 is 13.9 Å². The van der Waals surface area contributed by atoms with Gasteiger partial charge in [-0.1, -0.05) is 11.6 Å². The summed E-state index contributed by atoms with van der Waals surface area (Å²) in [6.07, 6.45) is -0.678. The number of hydrogen-bond donors (Lipinski definition) is 1. The Hall–Kier alpha value is -2.46. The Morgan fingerprint density at radius 3 is 2.58 bits per heavy atom. The van der Waals surface area contributed by atoms with Crippen LogP contribution in [0.1, 0.15) is 41.4 Å². The highest BCUT2D eigenvalue weighted by Crippen LogP contribution is 2.34. The lowest BCUT2D eigenvalue weighted by atomic mass is 9.97. The van der Waals surface area contributed by atoms with E-state index in [4.69, 9.17) is 30.6 Å². The zero-order valence-electron chi connectivity index (χ0n) is 17.1. The number of pyridine rings is 1. The smallest absolute Gasteiger partial charge is 0.259 e. The summed E-state index contributed by atoms with van der Waals surface area (Å²) < 4.78 is 41.2. The standard InChI is InChI=1S/C21H21ClN2O6S/c1-10-6-14(12(3)29-16-4-5-17(22)24-21(16)31(23,26)27)20-15(7-10)18(25)11(2)19(30-20)13-8-28-9-13/h4-7,12-13H,8-9H2,1-3H3,(H2,23,26,27)/t12-/m1/s1. The van der Waals surface area contributed by atoms with E-state index in [0.717, 1.165) is 5.56 Å². The Balaban J connectivity index is 1.85. The van der Waals surface area contributed by atoms with Gasteiger partial charge in [0.2, 0.25) is 5.03 Å². The molecular formula is C21H21ClN2O6S. The monoisotopic (exact) mass is 464 g/mol. The van der Waals surface area contributed by atoms with Gasteiger partial charge in [0.25, 0.3) is 10.0 Å². The first-order chi connectivity index (χ1) is 14.6. The lowest BCUT2D eigenvalue weighted by Crippen LogP contribution is -2.27. The lowest BCUT2D eigenvalue weighted by Gasteiger charge is -2.26. The molecule has 8 nitrogen and oxygen atoms in total. The van der Waals surface area contributed by atoms with Gasteiger partial charge in [-0.3, -0.25) is 4.79 Å². The molecule has 1 atom stereocenters. The fourth-order valence-electron chi connectivity index (χ4n) is 3.62. The van der Waals surface area contributed by atoms with E-state index in [9.17, 15) is 13.2 Å². The molecule has 2 aromatic heterocycles. The third-order valence-electron chi connectivity index (χ3n) is 5.24. The quantitative estimate of drug-likeness (QED) is 0.574. The Morgan fingerprint density at radius 2 is 1.97 bits per heavy atom. The second-order valence-electron chi connectivity index (χ2n) is 7.63. The number of aromatic nitrogens is 1. The maximum Gasteiger partial charge on any atom is 0.259 e. The third-order valence-corrected chi connectivity index (χ3v) is 6.28. The molecule has 3 heterocycles. The zero-order valence-corrected chi connectivity index (χ0v) is 18.7. The van der Waals surface area contributed by atoms with E-state index in [-0.39, 0.29) is 22.2 Å². The van der Waals surface area contributed by atoms with Gasteiger partial charge in [-0.05, 0) is 50.6 Å². The first-order valence-corrected chi connectivity index (χ1v) is 11.5. The number of nitrogens with zero attached hydrogens (tertiary/aromatic N) is 1. The lowest BCUT2D eigenvalue weighted by molar-refractivity contribution is -0.000426. The van der Waals surface area contributed by atoms with Crippen LogP contribution in [-0.2, 0) is 14.8 Å². The molecular weight excluding hydrogens is 444 g/mol. The summed E-state index contributed by atoms with van der Waals surface area (Å²) >= 11 is 5.83. The Morgan fingerprint density at radius 1 is 1.26 bits per heavy atom. The molecule has 1 aliphatic rings. The summed E-state index contributed by atoms with van der Waals surface area (Å²) in [5.74, 6) is 0.576. The molecule has 2 N–H and O–H groups in total. The van der Waals surface area contributed by atoms with Crippen LogP contribution in [0, 0.1) is 13.8 Å². The van der Waals surface area contributed by atoms with Crippen molar-refractivity contribution < 1.29 is 22.3 Å². The van der Waals surface area contributed by atoms with Crippen LogP contribution in [0.25, 0.3) is 11.0 Å². The summed E-state index contributed by atoms with van der Waals surface area (Å²) in [4.78, 5) is 16.8. The number of fused-ring (bicyclic) bond motifs is 1. The number of aryl methyl sites for hydroxylation is 1. The average molecular weight is 465 g/mol. The van der Waals surface area contributed by atoms with Gasteiger partial charge in [0.1, 0.15) is 22.6 Å². The Kier molecular flexibility index (Phi) is 5.55. The first kappa shape index (κ1) is 21.8. The maximum atomic E-state index is 13.0. The molecule has 164 valence electrons. The van der Waals surface area contributed by atoms with E-state index in [2.05, 4.69) is 4.98 Å². The maximum absolute atomic E-state index is 13.0. The molecule has 4 rings (SSSR count). The van der Waals surface area contributed by atoms with Crippen molar-refractivity contribution in [2.45, 2.75) is 37.8 Å². The number of sulfonamides is 1. The molecule has 0 bridgehead atoms. The number of rotatable bonds is 5. The van der Waals surface area contributed by atoms with Crippen LogP contribution in [-0.4, -0.2) is 26.6 Å². The SMILES string of the molecule is Cc1cc([C@@H](C)Oc2ccc(Cl)nc2S(N)(=O)=O)c2oc(C3COC3)c(C)c(=O)c2c1. The van der Waals surface area contributed by atoms with E-state index >= 15 is 0 Å². The van der Waals surface area contributed by atoms with Crippen LogP contribution in [0.3, 0.4) is 0 Å². The fraction of sp³-hybridized carbons (Fsp3) is 0.333. The van der Waals surface area contributed by atoms with E-state index < -0.39 is 21.2 Å². The molecule has 0 amide bonds. The fourth-order valence-corrected chi connectivity index (χ4v) is 4.44. The largest absolute Gasteiger partial charge is 0.483 e. The summed E-state index contributed by atoms with van der Waals surface area (Å²) in [5.41, 5.74) is 2.28. The van der Waals surface area contributed by atoms with Crippen molar-refractivity contribution in [2.24, 2.45) is 5.14 Å². The van der Waals surface area contributed by atoms with Crippen molar-refractivity contribution in [1.29, 1.82) is 0 Å². The molecule has 31 heavy (non-hydrogen) atoms. The highest BCUT2D eigenvalue weighted by atomic mass is 35.5. The van der Waals surface area contributed by atoms with E-state index in [1.54, 1.807) is 19.9 Å². The van der Waals surface area contributed by atoms with Gasteiger partial charge in [-0.15, -0.1) is 0 Å². The highest BCUT2D eigenvalue weighted by molar-refractivity contribution is 7.89. The molecule has 0 spiro atoms. The number of nitrogens with two attached hydrogens (primary N) is 1. The van der Waals surface area contributed by atoms with Gasteiger partial charge in [-0.2, -0.15) is 0 Å². The topological polar surface area (TPSA) is 122 Å². The summed E-state index contributed by atoms with van der Waals surface area (Å²) in [7, 11) is -4.17. The number of ether oxygens (including phenoxy) is 2. The molecule has 0 unspecified atom stereocenters. The Labute approximate surface area is 184 Å².